The van der Waals surface area contributed by atoms with Crippen molar-refractivity contribution in [1.82, 2.24) is 24.8 Å². The largest absolute Gasteiger partial charge is 0.494 e. The summed E-state index contributed by atoms with van der Waals surface area (Å²) in [6.45, 7) is 8.39. The normalized spacial score (nSPS) is 19.3. The zero-order chi connectivity index (χ0) is 34.8. The molecule has 2 aromatic carbocycles. The second-order valence-corrected chi connectivity index (χ2v) is 13.6. The first kappa shape index (κ1) is 33.6. The number of fused-ring (bicyclic) bond motifs is 2. The maximum Gasteiger partial charge on any atom is 0.318 e. The highest BCUT2D eigenvalue weighted by Crippen LogP contribution is 2.38. The van der Waals surface area contributed by atoms with E-state index in [4.69, 9.17) is 31.0 Å². The fourth-order valence-corrected chi connectivity index (χ4v) is 7.77. The molecule has 12 heteroatoms. The summed E-state index contributed by atoms with van der Waals surface area (Å²) >= 11 is 6.74. The summed E-state index contributed by atoms with van der Waals surface area (Å²) < 4.78 is 11.8. The first-order valence-corrected chi connectivity index (χ1v) is 17.5. The van der Waals surface area contributed by atoms with Crippen LogP contribution >= 0.6 is 11.6 Å². The Morgan fingerprint density at radius 3 is 2.70 bits per heavy atom. The maximum absolute atomic E-state index is 13.9. The molecule has 0 saturated carbocycles. The Morgan fingerprint density at radius 2 is 1.92 bits per heavy atom. The molecule has 0 aliphatic carbocycles. The predicted octanol–water partition coefficient (Wildman–Crippen LogP) is 5.37. The van der Waals surface area contributed by atoms with Crippen molar-refractivity contribution in [3.63, 3.8) is 0 Å². The van der Waals surface area contributed by atoms with Gasteiger partial charge >= 0.3 is 6.01 Å². The first-order valence-electron chi connectivity index (χ1n) is 17.1. The molecule has 11 nitrogen and oxygen atoms in total. The van der Waals surface area contributed by atoms with Gasteiger partial charge in [0.25, 0.3) is 5.91 Å². The van der Waals surface area contributed by atoms with E-state index in [1.54, 1.807) is 30.5 Å². The Morgan fingerprint density at radius 1 is 1.08 bits per heavy atom. The molecule has 2 fully saturated rings. The highest BCUT2D eigenvalue weighted by Gasteiger charge is 2.35. The number of rotatable bonds is 9. The second-order valence-electron chi connectivity index (χ2n) is 13.1. The molecule has 4 aromatic rings. The molecule has 1 amide bonds. The maximum atomic E-state index is 13.9. The van der Waals surface area contributed by atoms with Gasteiger partial charge in [-0.1, -0.05) is 42.4 Å². The van der Waals surface area contributed by atoms with Gasteiger partial charge in [0.15, 0.2) is 0 Å². The Balaban J connectivity index is 1.19. The van der Waals surface area contributed by atoms with E-state index in [2.05, 4.69) is 63.6 Å². The third kappa shape index (κ3) is 6.53. The number of anilines is 2. The van der Waals surface area contributed by atoms with E-state index in [0.29, 0.717) is 61.7 Å². The standard InChI is InChI=1S/C38H41ClN8O3/c1-25(29-13-16-41-21-34(29)49-3)37(48)47-20-19-46(22-27(47)12-15-40)36-30-14-18-45(33-11-5-8-26-7-4-10-31(39)35(26)33)23-32(30)42-38(43-36)50-24-28-9-6-17-44(28)2/h4-5,7-8,10-11,13,16,21,27-28H,1,6,9,12,14,17-20,22-24H2,2-3H3/t27-,28-/m0/s1. The first-order chi connectivity index (χ1) is 24.4. The number of carbonyl (C=O) groups excluding carboxylic acids is 1. The molecule has 5 heterocycles. The van der Waals surface area contributed by atoms with Crippen LogP contribution in [0.25, 0.3) is 16.3 Å². The van der Waals surface area contributed by atoms with E-state index in [9.17, 15) is 10.1 Å². The van der Waals surface area contributed by atoms with Gasteiger partial charge < -0.3 is 29.1 Å². The number of benzene rings is 2. The molecule has 2 atom stereocenters. The zero-order valence-electron chi connectivity index (χ0n) is 28.5. The van der Waals surface area contributed by atoms with Gasteiger partial charge in [0.05, 0.1) is 49.1 Å². The van der Waals surface area contributed by atoms with Crippen molar-refractivity contribution in [2.75, 3.05) is 63.3 Å². The van der Waals surface area contributed by atoms with Crippen molar-refractivity contribution in [3.8, 4) is 17.8 Å². The topological polar surface area (TPSA) is 111 Å². The molecule has 0 spiro atoms. The van der Waals surface area contributed by atoms with Crippen molar-refractivity contribution in [2.24, 2.45) is 0 Å². The number of piperazine rings is 1. The van der Waals surface area contributed by atoms with Crippen LogP contribution in [0.5, 0.6) is 11.8 Å². The lowest BCUT2D eigenvalue weighted by atomic mass is 10.00. The molecular weight excluding hydrogens is 652 g/mol. The molecule has 0 N–H and O–H groups in total. The van der Waals surface area contributed by atoms with E-state index in [1.807, 2.05) is 12.1 Å². The Hall–Kier alpha value is -4.92. The van der Waals surface area contributed by atoms with Crippen molar-refractivity contribution >= 4 is 45.4 Å². The summed E-state index contributed by atoms with van der Waals surface area (Å²) in [5, 5.41) is 12.7. The van der Waals surface area contributed by atoms with Crippen LogP contribution in [0.4, 0.5) is 11.5 Å². The summed E-state index contributed by atoms with van der Waals surface area (Å²) in [4.78, 5) is 36.6. The lowest BCUT2D eigenvalue weighted by molar-refractivity contribution is -0.127. The number of pyridine rings is 1. The molecule has 258 valence electrons. The number of methoxy groups -OCH3 is 1. The minimum Gasteiger partial charge on any atom is -0.494 e. The van der Waals surface area contributed by atoms with Crippen LogP contribution in [0.1, 0.15) is 36.1 Å². The molecule has 2 saturated heterocycles. The monoisotopic (exact) mass is 692 g/mol. The van der Waals surface area contributed by atoms with E-state index < -0.39 is 0 Å². The quantitative estimate of drug-likeness (QED) is 0.213. The van der Waals surface area contributed by atoms with Gasteiger partial charge in [0.1, 0.15) is 18.2 Å². The molecular formula is C38H41ClN8O3. The molecule has 50 heavy (non-hydrogen) atoms. The number of nitrogens with zero attached hydrogens (tertiary/aromatic N) is 8. The Kier molecular flexibility index (Phi) is 9.74. The van der Waals surface area contributed by atoms with E-state index in [1.165, 1.54) is 0 Å². The average molecular weight is 693 g/mol. The fourth-order valence-electron chi connectivity index (χ4n) is 7.50. The van der Waals surface area contributed by atoms with Crippen LogP contribution in [-0.4, -0.2) is 96.2 Å². The number of halogens is 1. The van der Waals surface area contributed by atoms with Crippen molar-refractivity contribution in [3.05, 3.63) is 83.3 Å². The highest BCUT2D eigenvalue weighted by molar-refractivity contribution is 6.36. The van der Waals surface area contributed by atoms with Gasteiger partial charge in [0.2, 0.25) is 0 Å². The van der Waals surface area contributed by atoms with Gasteiger partial charge in [-0.05, 0) is 56.4 Å². The number of carbonyl (C=O) groups is 1. The molecule has 3 aliphatic heterocycles. The van der Waals surface area contributed by atoms with Crippen LogP contribution in [0.3, 0.4) is 0 Å². The minimum absolute atomic E-state index is 0.170. The second kappa shape index (κ2) is 14.5. The Bertz CT molecular complexity index is 1960. The Labute approximate surface area is 297 Å². The third-order valence-electron chi connectivity index (χ3n) is 10.2. The highest BCUT2D eigenvalue weighted by atomic mass is 35.5. The summed E-state index contributed by atoms with van der Waals surface area (Å²) in [6.07, 6.45) is 6.29. The average Bonchev–Trinajstić information content (AvgIpc) is 3.56. The summed E-state index contributed by atoms with van der Waals surface area (Å²) in [6, 6.07) is 16.6. The number of ether oxygens (including phenoxy) is 2. The molecule has 0 radical (unpaired) electrons. The van der Waals surface area contributed by atoms with E-state index >= 15 is 0 Å². The number of aromatic nitrogens is 3. The van der Waals surface area contributed by atoms with Gasteiger partial charge in [-0.2, -0.15) is 15.2 Å². The van der Waals surface area contributed by atoms with Crippen LogP contribution in [0.15, 0.2) is 61.4 Å². The number of amides is 1. The van der Waals surface area contributed by atoms with E-state index in [-0.39, 0.29) is 18.4 Å². The number of likely N-dealkylation sites (N-methyl/N-ethyl adjacent to an activating group) is 1. The summed E-state index contributed by atoms with van der Waals surface area (Å²) in [5.74, 6) is 1.06. The fraction of sp³-hybridized carbons (Fsp3) is 0.395. The molecule has 7 rings (SSSR count). The van der Waals surface area contributed by atoms with Crippen molar-refractivity contribution in [1.29, 1.82) is 5.26 Å². The summed E-state index contributed by atoms with van der Waals surface area (Å²) in [7, 11) is 3.67. The molecule has 0 bridgehead atoms. The summed E-state index contributed by atoms with van der Waals surface area (Å²) in [5.41, 5.74) is 3.94. The zero-order valence-corrected chi connectivity index (χ0v) is 29.3. The SMILES string of the molecule is C=C(C(=O)N1CCN(c2nc(OC[C@@H]3CCCN3C)nc3c2CCN(c2cccc4cccc(Cl)c24)C3)C[C@@H]1CC#N)c1ccncc1OC. The van der Waals surface area contributed by atoms with Crippen molar-refractivity contribution in [2.45, 2.75) is 44.3 Å². The number of hydrogen-bond donors (Lipinski definition) is 0. The van der Waals surface area contributed by atoms with Crippen molar-refractivity contribution < 1.29 is 14.3 Å². The smallest absolute Gasteiger partial charge is 0.318 e. The van der Waals surface area contributed by atoms with Crippen LogP contribution in [-0.2, 0) is 17.8 Å². The minimum atomic E-state index is -0.370. The molecule has 2 aromatic heterocycles. The number of nitriles is 1. The lowest BCUT2D eigenvalue weighted by Gasteiger charge is -2.42. The van der Waals surface area contributed by atoms with Gasteiger partial charge in [-0.3, -0.25) is 9.78 Å². The van der Waals surface area contributed by atoms with Crippen LogP contribution < -0.4 is 19.3 Å². The number of likely N-dealkylation sites (tertiary alicyclic amines) is 1. The lowest BCUT2D eigenvalue weighted by Crippen LogP contribution is -2.56. The molecule has 3 aliphatic rings. The van der Waals surface area contributed by atoms with Gasteiger partial charge in [-0.25, -0.2) is 0 Å². The number of hydrogen-bond acceptors (Lipinski definition) is 10. The van der Waals surface area contributed by atoms with Gasteiger partial charge in [-0.15, -0.1) is 0 Å². The molecule has 0 unspecified atom stereocenters. The van der Waals surface area contributed by atoms with Crippen LogP contribution in [0, 0.1) is 11.3 Å². The third-order valence-corrected chi connectivity index (χ3v) is 10.5. The predicted molar refractivity (Wildman–Crippen MR) is 195 cm³/mol. The van der Waals surface area contributed by atoms with Gasteiger partial charge in [0, 0.05) is 66.2 Å². The van der Waals surface area contributed by atoms with Crippen LogP contribution in [0.2, 0.25) is 5.02 Å². The van der Waals surface area contributed by atoms with E-state index in [0.717, 1.165) is 70.9 Å².